The summed E-state index contributed by atoms with van der Waals surface area (Å²) in [4.78, 5) is 4.59. The zero-order valence-corrected chi connectivity index (χ0v) is 12.1. The van der Waals surface area contributed by atoms with Crippen molar-refractivity contribution in [2.75, 3.05) is 18.4 Å². The van der Waals surface area contributed by atoms with Crippen LogP contribution in [0.1, 0.15) is 49.4 Å². The smallest absolute Gasteiger partial charge is 0.157 e. The normalized spacial score (nSPS) is 16.1. The SMILES string of the molecule is Cc1cc(NCCCN)n2nc(C3CCCC3)cc2n1. The summed E-state index contributed by atoms with van der Waals surface area (Å²) in [5, 5.41) is 8.19. The van der Waals surface area contributed by atoms with E-state index in [0.717, 1.165) is 30.1 Å². The Balaban J connectivity index is 1.92. The summed E-state index contributed by atoms with van der Waals surface area (Å²) >= 11 is 0. The fourth-order valence-electron chi connectivity index (χ4n) is 2.98. The van der Waals surface area contributed by atoms with Gasteiger partial charge in [0.25, 0.3) is 0 Å². The van der Waals surface area contributed by atoms with E-state index in [0.29, 0.717) is 12.5 Å². The first-order valence-electron chi connectivity index (χ1n) is 7.59. The van der Waals surface area contributed by atoms with E-state index < -0.39 is 0 Å². The lowest BCUT2D eigenvalue weighted by atomic mass is 10.1. The van der Waals surface area contributed by atoms with Gasteiger partial charge in [0.15, 0.2) is 5.65 Å². The van der Waals surface area contributed by atoms with Crippen LogP contribution in [-0.4, -0.2) is 27.7 Å². The molecule has 0 spiro atoms. The number of nitrogens with one attached hydrogen (secondary N) is 1. The van der Waals surface area contributed by atoms with Crippen LogP contribution in [0.2, 0.25) is 0 Å². The maximum Gasteiger partial charge on any atom is 0.157 e. The molecule has 3 rings (SSSR count). The maximum atomic E-state index is 5.55. The second-order valence-corrected chi connectivity index (χ2v) is 5.67. The summed E-state index contributed by atoms with van der Waals surface area (Å²) in [6.45, 7) is 3.59. The number of nitrogens with zero attached hydrogens (tertiary/aromatic N) is 3. The molecule has 1 aliphatic carbocycles. The molecule has 0 aromatic carbocycles. The van der Waals surface area contributed by atoms with Gasteiger partial charge in [-0.25, -0.2) is 4.98 Å². The van der Waals surface area contributed by atoms with Crippen LogP contribution < -0.4 is 11.1 Å². The van der Waals surface area contributed by atoms with Crippen LogP contribution in [0.3, 0.4) is 0 Å². The molecular weight excluding hydrogens is 250 g/mol. The van der Waals surface area contributed by atoms with Gasteiger partial charge in [0.2, 0.25) is 0 Å². The van der Waals surface area contributed by atoms with Crippen LogP contribution in [0.15, 0.2) is 12.1 Å². The lowest BCUT2D eigenvalue weighted by Crippen LogP contribution is -2.12. The summed E-state index contributed by atoms with van der Waals surface area (Å²) in [5.41, 5.74) is 8.71. The molecule has 0 aliphatic heterocycles. The van der Waals surface area contributed by atoms with Crippen LogP contribution in [0, 0.1) is 6.92 Å². The lowest BCUT2D eigenvalue weighted by molar-refractivity contribution is 0.684. The van der Waals surface area contributed by atoms with Gasteiger partial charge in [-0.15, -0.1) is 0 Å². The Morgan fingerprint density at radius 2 is 2.15 bits per heavy atom. The van der Waals surface area contributed by atoms with E-state index in [1.54, 1.807) is 0 Å². The molecule has 0 amide bonds. The topological polar surface area (TPSA) is 68.2 Å². The molecule has 0 saturated heterocycles. The standard InChI is InChI=1S/C15H23N5/c1-11-9-14(17-8-4-7-16)20-15(18-11)10-13(19-20)12-5-2-3-6-12/h9-10,12,17H,2-8,16H2,1H3. The van der Waals surface area contributed by atoms with E-state index in [4.69, 9.17) is 10.8 Å². The largest absolute Gasteiger partial charge is 0.370 e. The van der Waals surface area contributed by atoms with Crippen molar-refractivity contribution in [2.45, 2.75) is 44.9 Å². The van der Waals surface area contributed by atoms with Crippen molar-refractivity contribution in [1.29, 1.82) is 0 Å². The second kappa shape index (κ2) is 5.79. The molecule has 3 N–H and O–H groups in total. The Morgan fingerprint density at radius 1 is 1.35 bits per heavy atom. The fraction of sp³-hybridized carbons (Fsp3) is 0.600. The van der Waals surface area contributed by atoms with Gasteiger partial charge in [-0.2, -0.15) is 9.61 Å². The van der Waals surface area contributed by atoms with E-state index in [1.807, 2.05) is 11.4 Å². The van der Waals surface area contributed by atoms with Gasteiger partial charge < -0.3 is 11.1 Å². The summed E-state index contributed by atoms with van der Waals surface area (Å²) < 4.78 is 1.94. The highest BCUT2D eigenvalue weighted by molar-refractivity contribution is 5.50. The lowest BCUT2D eigenvalue weighted by Gasteiger charge is -2.08. The van der Waals surface area contributed by atoms with E-state index in [2.05, 4.69) is 22.4 Å². The molecule has 20 heavy (non-hydrogen) atoms. The highest BCUT2D eigenvalue weighted by Gasteiger charge is 2.20. The number of anilines is 1. The molecular formula is C15H23N5. The number of aryl methyl sites for hydroxylation is 1. The number of hydrogen-bond acceptors (Lipinski definition) is 4. The van der Waals surface area contributed by atoms with Gasteiger partial charge in [0.05, 0.1) is 5.69 Å². The summed E-state index contributed by atoms with van der Waals surface area (Å²) in [5.74, 6) is 1.64. The minimum atomic E-state index is 0.619. The Kier molecular flexibility index (Phi) is 3.87. The number of fused-ring (bicyclic) bond motifs is 1. The van der Waals surface area contributed by atoms with Crippen molar-refractivity contribution < 1.29 is 0 Å². The van der Waals surface area contributed by atoms with Gasteiger partial charge in [-0.1, -0.05) is 12.8 Å². The minimum absolute atomic E-state index is 0.619. The van der Waals surface area contributed by atoms with Crippen LogP contribution in [0.25, 0.3) is 5.65 Å². The van der Waals surface area contributed by atoms with Crippen LogP contribution in [-0.2, 0) is 0 Å². The number of hydrogen-bond donors (Lipinski definition) is 2. The van der Waals surface area contributed by atoms with Crippen LogP contribution in [0.5, 0.6) is 0 Å². The number of aromatic nitrogens is 3. The zero-order valence-electron chi connectivity index (χ0n) is 12.1. The molecule has 1 saturated carbocycles. The minimum Gasteiger partial charge on any atom is -0.370 e. The Morgan fingerprint density at radius 3 is 2.90 bits per heavy atom. The van der Waals surface area contributed by atoms with Gasteiger partial charge in [0.1, 0.15) is 5.82 Å². The van der Waals surface area contributed by atoms with E-state index in [1.165, 1.54) is 31.4 Å². The van der Waals surface area contributed by atoms with E-state index in [-0.39, 0.29) is 0 Å². The van der Waals surface area contributed by atoms with Gasteiger partial charge in [-0.3, -0.25) is 0 Å². The van der Waals surface area contributed by atoms with Crippen molar-refractivity contribution in [3.63, 3.8) is 0 Å². The van der Waals surface area contributed by atoms with Crippen molar-refractivity contribution in [3.05, 3.63) is 23.5 Å². The Hall–Kier alpha value is -1.62. The van der Waals surface area contributed by atoms with E-state index >= 15 is 0 Å². The Bertz CT molecular complexity index is 583. The first-order valence-corrected chi connectivity index (χ1v) is 7.59. The molecule has 2 heterocycles. The highest BCUT2D eigenvalue weighted by atomic mass is 15.3. The molecule has 2 aromatic rings. The predicted octanol–water partition coefficient (Wildman–Crippen LogP) is 2.46. The quantitative estimate of drug-likeness (QED) is 0.821. The molecule has 1 aliphatic rings. The summed E-state index contributed by atoms with van der Waals surface area (Å²) in [6, 6.07) is 4.20. The fourth-order valence-corrected chi connectivity index (χ4v) is 2.98. The average molecular weight is 273 g/mol. The third-order valence-corrected chi connectivity index (χ3v) is 4.03. The van der Waals surface area contributed by atoms with Crippen LogP contribution >= 0.6 is 0 Å². The summed E-state index contributed by atoms with van der Waals surface area (Å²) in [7, 11) is 0. The molecule has 5 heteroatoms. The maximum absolute atomic E-state index is 5.55. The van der Waals surface area contributed by atoms with E-state index in [9.17, 15) is 0 Å². The second-order valence-electron chi connectivity index (χ2n) is 5.67. The van der Waals surface area contributed by atoms with Gasteiger partial charge in [-0.05, 0) is 32.7 Å². The number of rotatable bonds is 5. The van der Waals surface area contributed by atoms with Crippen molar-refractivity contribution >= 4 is 11.5 Å². The van der Waals surface area contributed by atoms with Crippen LogP contribution in [0.4, 0.5) is 5.82 Å². The van der Waals surface area contributed by atoms with Crippen molar-refractivity contribution in [2.24, 2.45) is 5.73 Å². The predicted molar refractivity (Wildman–Crippen MR) is 81.1 cm³/mol. The molecule has 0 atom stereocenters. The molecule has 0 radical (unpaired) electrons. The van der Waals surface area contributed by atoms with Gasteiger partial charge >= 0.3 is 0 Å². The molecule has 0 bridgehead atoms. The van der Waals surface area contributed by atoms with Crippen molar-refractivity contribution in [1.82, 2.24) is 14.6 Å². The first kappa shape index (κ1) is 13.4. The number of nitrogens with two attached hydrogens (primary N) is 1. The highest BCUT2D eigenvalue weighted by Crippen LogP contribution is 2.33. The molecule has 2 aromatic heterocycles. The molecule has 5 nitrogen and oxygen atoms in total. The van der Waals surface area contributed by atoms with Crippen molar-refractivity contribution in [3.8, 4) is 0 Å². The monoisotopic (exact) mass is 273 g/mol. The average Bonchev–Trinajstić information content (AvgIpc) is 3.06. The zero-order chi connectivity index (χ0) is 13.9. The molecule has 0 unspecified atom stereocenters. The first-order chi connectivity index (χ1) is 9.78. The third-order valence-electron chi connectivity index (χ3n) is 4.03. The molecule has 1 fully saturated rings. The molecule has 108 valence electrons. The Labute approximate surface area is 119 Å². The van der Waals surface area contributed by atoms with Gasteiger partial charge in [0, 0.05) is 30.3 Å². The summed E-state index contributed by atoms with van der Waals surface area (Å²) in [6.07, 6.45) is 6.14. The third kappa shape index (κ3) is 2.63.